The summed E-state index contributed by atoms with van der Waals surface area (Å²) in [4.78, 5) is 20.2. The maximum absolute atomic E-state index is 13.2. The van der Waals surface area contributed by atoms with Gasteiger partial charge >= 0.3 is 0 Å². The summed E-state index contributed by atoms with van der Waals surface area (Å²) in [6, 6.07) is 10.6. The van der Waals surface area contributed by atoms with Crippen LogP contribution in [0.4, 0.5) is 0 Å². The molecule has 3 rings (SSSR count). The summed E-state index contributed by atoms with van der Waals surface area (Å²) in [5.41, 5.74) is 0.838. The second-order valence-electron chi connectivity index (χ2n) is 7.15. The average Bonchev–Trinajstić information content (AvgIpc) is 2.59. The van der Waals surface area contributed by atoms with Crippen LogP contribution in [0.3, 0.4) is 0 Å². The number of carbonyl (C=O) groups is 1. The molecule has 1 aromatic rings. The van der Waals surface area contributed by atoms with E-state index >= 15 is 0 Å². The molecule has 0 radical (unpaired) electrons. The van der Waals surface area contributed by atoms with E-state index in [1.54, 1.807) is 0 Å². The predicted octanol–water partition coefficient (Wildman–Crippen LogP) is 2.32. The van der Waals surface area contributed by atoms with Crippen LogP contribution in [0.5, 0.6) is 0 Å². The Labute approximate surface area is 140 Å². The van der Waals surface area contributed by atoms with Crippen LogP contribution >= 0.6 is 0 Å². The molecule has 2 saturated heterocycles. The monoisotopic (exact) mass is 315 g/mol. The highest BCUT2D eigenvalue weighted by molar-refractivity contribution is 5.94. The number of likely N-dealkylation sites (tertiary alicyclic amines) is 2. The van der Waals surface area contributed by atoms with Gasteiger partial charge in [0.05, 0.1) is 0 Å². The fourth-order valence-electron chi connectivity index (χ4n) is 3.91. The SMILES string of the molecule is CN1CCC(N(C(=O)c2ccccc2)C2CCN(C)CC2)CC1. The van der Waals surface area contributed by atoms with Crippen molar-refractivity contribution in [2.45, 2.75) is 37.8 Å². The van der Waals surface area contributed by atoms with Gasteiger partial charge in [0.15, 0.2) is 0 Å². The van der Waals surface area contributed by atoms with Crippen molar-refractivity contribution >= 4 is 5.91 Å². The van der Waals surface area contributed by atoms with Crippen LogP contribution in [0.25, 0.3) is 0 Å². The van der Waals surface area contributed by atoms with E-state index in [9.17, 15) is 4.79 Å². The molecule has 0 atom stereocenters. The fourth-order valence-corrected chi connectivity index (χ4v) is 3.91. The van der Waals surface area contributed by atoms with Crippen molar-refractivity contribution in [1.29, 1.82) is 0 Å². The Bertz CT molecular complexity index is 481. The molecule has 126 valence electrons. The van der Waals surface area contributed by atoms with E-state index in [1.807, 2.05) is 30.3 Å². The van der Waals surface area contributed by atoms with Gasteiger partial charge in [0.2, 0.25) is 0 Å². The van der Waals surface area contributed by atoms with Gasteiger partial charge in [-0.3, -0.25) is 4.79 Å². The van der Waals surface area contributed by atoms with Gasteiger partial charge in [0.25, 0.3) is 5.91 Å². The van der Waals surface area contributed by atoms with Crippen molar-refractivity contribution in [1.82, 2.24) is 14.7 Å². The highest BCUT2D eigenvalue weighted by atomic mass is 16.2. The molecule has 1 aromatic carbocycles. The van der Waals surface area contributed by atoms with Gasteiger partial charge < -0.3 is 14.7 Å². The summed E-state index contributed by atoms with van der Waals surface area (Å²) < 4.78 is 0. The van der Waals surface area contributed by atoms with Crippen LogP contribution in [0, 0.1) is 0 Å². The standard InChI is InChI=1S/C19H29N3O/c1-20-12-8-17(9-13-20)22(18-10-14-21(2)15-11-18)19(23)16-6-4-3-5-7-16/h3-7,17-18H,8-15H2,1-2H3. The Kier molecular flexibility index (Phi) is 5.34. The number of hydrogen-bond donors (Lipinski definition) is 0. The zero-order valence-electron chi connectivity index (χ0n) is 14.4. The Morgan fingerprint density at radius 1 is 0.870 bits per heavy atom. The van der Waals surface area contributed by atoms with E-state index in [0.29, 0.717) is 12.1 Å². The first kappa shape index (κ1) is 16.5. The second-order valence-corrected chi connectivity index (χ2v) is 7.15. The van der Waals surface area contributed by atoms with Crippen molar-refractivity contribution in [3.8, 4) is 0 Å². The molecule has 2 fully saturated rings. The van der Waals surface area contributed by atoms with Gasteiger partial charge in [-0.25, -0.2) is 0 Å². The number of amides is 1. The zero-order valence-corrected chi connectivity index (χ0v) is 14.4. The topological polar surface area (TPSA) is 26.8 Å². The lowest BCUT2D eigenvalue weighted by atomic mass is 9.95. The molecule has 2 heterocycles. The first-order valence-corrected chi connectivity index (χ1v) is 8.90. The molecule has 2 aliphatic heterocycles. The molecule has 4 nitrogen and oxygen atoms in total. The number of hydrogen-bond acceptors (Lipinski definition) is 3. The third-order valence-electron chi connectivity index (χ3n) is 5.42. The van der Waals surface area contributed by atoms with E-state index in [4.69, 9.17) is 0 Å². The summed E-state index contributed by atoms with van der Waals surface area (Å²) in [6.07, 6.45) is 4.39. The number of piperidine rings is 2. The summed E-state index contributed by atoms with van der Waals surface area (Å²) in [7, 11) is 4.35. The molecule has 1 amide bonds. The average molecular weight is 315 g/mol. The van der Waals surface area contributed by atoms with Crippen LogP contribution in [-0.4, -0.2) is 73.0 Å². The maximum Gasteiger partial charge on any atom is 0.254 e. The summed E-state index contributed by atoms with van der Waals surface area (Å²) in [6.45, 7) is 4.37. The number of carbonyl (C=O) groups excluding carboxylic acids is 1. The van der Waals surface area contributed by atoms with E-state index in [2.05, 4.69) is 28.8 Å². The summed E-state index contributed by atoms with van der Waals surface area (Å²) >= 11 is 0. The van der Waals surface area contributed by atoms with E-state index in [-0.39, 0.29) is 5.91 Å². The number of nitrogens with zero attached hydrogens (tertiary/aromatic N) is 3. The van der Waals surface area contributed by atoms with Crippen molar-refractivity contribution in [2.75, 3.05) is 40.3 Å². The van der Waals surface area contributed by atoms with Crippen molar-refractivity contribution in [3.63, 3.8) is 0 Å². The minimum absolute atomic E-state index is 0.231. The number of benzene rings is 1. The molecular formula is C19H29N3O. The zero-order chi connectivity index (χ0) is 16.2. The molecule has 2 aliphatic rings. The van der Waals surface area contributed by atoms with Gasteiger partial charge in [-0.2, -0.15) is 0 Å². The fraction of sp³-hybridized carbons (Fsp3) is 0.632. The lowest BCUT2D eigenvalue weighted by Crippen LogP contribution is -2.54. The predicted molar refractivity (Wildman–Crippen MR) is 93.6 cm³/mol. The third-order valence-corrected chi connectivity index (χ3v) is 5.42. The second kappa shape index (κ2) is 7.45. The first-order chi connectivity index (χ1) is 11.1. The minimum atomic E-state index is 0.231. The first-order valence-electron chi connectivity index (χ1n) is 8.90. The van der Waals surface area contributed by atoms with Gasteiger partial charge in [-0.05, 0) is 78.1 Å². The van der Waals surface area contributed by atoms with Crippen LogP contribution in [-0.2, 0) is 0 Å². The van der Waals surface area contributed by atoms with Crippen LogP contribution in [0.1, 0.15) is 36.0 Å². The highest BCUT2D eigenvalue weighted by Gasteiger charge is 2.34. The van der Waals surface area contributed by atoms with Gasteiger partial charge in [-0.15, -0.1) is 0 Å². The van der Waals surface area contributed by atoms with Gasteiger partial charge in [0.1, 0.15) is 0 Å². The minimum Gasteiger partial charge on any atom is -0.332 e. The molecule has 0 saturated carbocycles. The van der Waals surface area contributed by atoms with Crippen LogP contribution in [0.2, 0.25) is 0 Å². The summed E-state index contributed by atoms with van der Waals surface area (Å²) in [5.74, 6) is 0.231. The van der Waals surface area contributed by atoms with E-state index in [0.717, 1.165) is 57.4 Å². The van der Waals surface area contributed by atoms with E-state index < -0.39 is 0 Å². The molecule has 0 spiro atoms. The molecule has 0 bridgehead atoms. The summed E-state index contributed by atoms with van der Waals surface area (Å²) in [5, 5.41) is 0. The van der Waals surface area contributed by atoms with Crippen molar-refractivity contribution in [3.05, 3.63) is 35.9 Å². The van der Waals surface area contributed by atoms with Crippen LogP contribution in [0.15, 0.2) is 30.3 Å². The Hall–Kier alpha value is -1.39. The lowest BCUT2D eigenvalue weighted by Gasteiger charge is -2.44. The Balaban J connectivity index is 1.79. The molecular weight excluding hydrogens is 286 g/mol. The Morgan fingerprint density at radius 3 is 1.74 bits per heavy atom. The molecule has 0 aromatic heterocycles. The van der Waals surface area contributed by atoms with Crippen molar-refractivity contribution < 1.29 is 4.79 Å². The highest BCUT2D eigenvalue weighted by Crippen LogP contribution is 2.26. The smallest absolute Gasteiger partial charge is 0.254 e. The van der Waals surface area contributed by atoms with E-state index in [1.165, 1.54) is 0 Å². The lowest BCUT2D eigenvalue weighted by molar-refractivity contribution is 0.0340. The largest absolute Gasteiger partial charge is 0.332 e. The molecule has 0 unspecified atom stereocenters. The quantitative estimate of drug-likeness (QED) is 0.856. The third kappa shape index (κ3) is 3.93. The van der Waals surface area contributed by atoms with Crippen molar-refractivity contribution in [2.24, 2.45) is 0 Å². The normalized spacial score (nSPS) is 22.2. The molecule has 0 N–H and O–H groups in total. The number of rotatable bonds is 3. The van der Waals surface area contributed by atoms with Gasteiger partial charge in [0, 0.05) is 17.6 Å². The molecule has 23 heavy (non-hydrogen) atoms. The molecule has 0 aliphatic carbocycles. The Morgan fingerprint density at radius 2 is 1.30 bits per heavy atom. The maximum atomic E-state index is 13.2. The van der Waals surface area contributed by atoms with Gasteiger partial charge in [-0.1, -0.05) is 18.2 Å². The van der Waals surface area contributed by atoms with Crippen LogP contribution < -0.4 is 0 Å². The molecule has 4 heteroatoms.